The van der Waals surface area contributed by atoms with Crippen molar-refractivity contribution in [1.82, 2.24) is 14.9 Å². The van der Waals surface area contributed by atoms with Crippen LogP contribution in [0.5, 0.6) is 0 Å². The van der Waals surface area contributed by atoms with E-state index in [1.54, 1.807) is 6.92 Å². The van der Waals surface area contributed by atoms with E-state index in [1.807, 2.05) is 22.3 Å². The van der Waals surface area contributed by atoms with Gasteiger partial charge in [0.2, 0.25) is 5.91 Å². The van der Waals surface area contributed by atoms with Crippen LogP contribution in [0.1, 0.15) is 42.1 Å². The number of anilines is 1. The summed E-state index contributed by atoms with van der Waals surface area (Å²) in [5.41, 5.74) is 2.71. The molecule has 0 N–H and O–H groups in total. The van der Waals surface area contributed by atoms with Gasteiger partial charge in [0, 0.05) is 44.4 Å². The summed E-state index contributed by atoms with van der Waals surface area (Å²) in [6.45, 7) is 7.19. The second-order valence-electron chi connectivity index (χ2n) is 8.65. The third kappa shape index (κ3) is 3.69. The second kappa shape index (κ2) is 7.99. The zero-order valence-electron chi connectivity index (χ0n) is 17.7. The number of rotatable bonds is 3. The largest absolute Gasteiger partial charge is 0.352 e. The minimum Gasteiger partial charge on any atom is -0.352 e. The van der Waals surface area contributed by atoms with E-state index in [-0.39, 0.29) is 5.91 Å². The van der Waals surface area contributed by atoms with Crippen LogP contribution < -0.4 is 4.90 Å². The maximum Gasteiger partial charge on any atom is 0.219 e. The molecule has 0 spiro atoms. The summed E-state index contributed by atoms with van der Waals surface area (Å²) < 4.78 is 0. The fourth-order valence-corrected chi connectivity index (χ4v) is 6.08. The number of piperazine rings is 1. The van der Waals surface area contributed by atoms with E-state index in [0.29, 0.717) is 0 Å². The molecule has 1 aromatic carbocycles. The highest BCUT2D eigenvalue weighted by Gasteiger charge is 2.28. The maximum atomic E-state index is 11.8. The summed E-state index contributed by atoms with van der Waals surface area (Å²) in [5.74, 6) is 2.88. The number of hydrogen-bond acceptors (Lipinski definition) is 5. The van der Waals surface area contributed by atoms with Gasteiger partial charge in [0.25, 0.3) is 0 Å². The predicted octanol–water partition coefficient (Wildman–Crippen LogP) is 4.08. The Morgan fingerprint density at radius 2 is 1.90 bits per heavy atom. The van der Waals surface area contributed by atoms with E-state index < -0.39 is 0 Å². The number of carbonyl (C=O) groups is 1. The quantitative estimate of drug-likeness (QED) is 0.641. The number of aryl methyl sites for hydroxylation is 1. The molecule has 5 nitrogen and oxygen atoms in total. The van der Waals surface area contributed by atoms with E-state index in [9.17, 15) is 4.79 Å². The van der Waals surface area contributed by atoms with Crippen molar-refractivity contribution in [2.24, 2.45) is 5.92 Å². The molecule has 3 aromatic rings. The Morgan fingerprint density at radius 1 is 1.13 bits per heavy atom. The number of amides is 1. The lowest BCUT2D eigenvalue weighted by Gasteiger charge is -2.35. The number of fused-ring (bicyclic) bond motifs is 3. The van der Waals surface area contributed by atoms with Crippen molar-refractivity contribution in [1.29, 1.82) is 0 Å². The highest BCUT2D eigenvalue weighted by atomic mass is 32.1. The van der Waals surface area contributed by atoms with Crippen molar-refractivity contribution >= 4 is 33.3 Å². The smallest absolute Gasteiger partial charge is 0.219 e. The summed E-state index contributed by atoms with van der Waals surface area (Å²) in [7, 11) is 0. The Bertz CT molecular complexity index is 1070. The minimum absolute atomic E-state index is 0.161. The lowest BCUT2D eigenvalue weighted by molar-refractivity contribution is -0.129. The summed E-state index contributed by atoms with van der Waals surface area (Å²) in [6, 6.07) is 10.5. The Labute approximate surface area is 181 Å². The second-order valence-corrected chi connectivity index (χ2v) is 9.73. The fourth-order valence-electron chi connectivity index (χ4n) is 4.69. The van der Waals surface area contributed by atoms with Crippen LogP contribution in [0.2, 0.25) is 0 Å². The number of thiophene rings is 1. The van der Waals surface area contributed by atoms with Gasteiger partial charge in [-0.3, -0.25) is 4.79 Å². The topological polar surface area (TPSA) is 49.3 Å². The summed E-state index contributed by atoms with van der Waals surface area (Å²) >= 11 is 1.87. The van der Waals surface area contributed by atoms with Crippen LogP contribution in [0.4, 0.5) is 5.82 Å². The lowest BCUT2D eigenvalue weighted by Crippen LogP contribution is -2.48. The molecule has 1 fully saturated rings. The van der Waals surface area contributed by atoms with Crippen LogP contribution in [0, 0.1) is 5.92 Å². The molecule has 0 saturated carbocycles. The van der Waals surface area contributed by atoms with Crippen molar-refractivity contribution < 1.29 is 4.79 Å². The first-order valence-electron chi connectivity index (χ1n) is 10.9. The van der Waals surface area contributed by atoms with Crippen LogP contribution in [0.15, 0.2) is 30.3 Å². The van der Waals surface area contributed by atoms with E-state index in [2.05, 4.69) is 36.1 Å². The zero-order chi connectivity index (χ0) is 20.7. The van der Waals surface area contributed by atoms with Gasteiger partial charge in [-0.05, 0) is 36.3 Å². The van der Waals surface area contributed by atoms with Crippen LogP contribution >= 0.6 is 11.3 Å². The zero-order valence-corrected chi connectivity index (χ0v) is 18.5. The Kier molecular flexibility index (Phi) is 5.19. The summed E-state index contributed by atoms with van der Waals surface area (Å²) in [6.07, 6.45) is 4.26. The molecule has 0 bridgehead atoms. The van der Waals surface area contributed by atoms with Gasteiger partial charge >= 0.3 is 0 Å². The van der Waals surface area contributed by atoms with E-state index in [4.69, 9.17) is 9.97 Å². The van der Waals surface area contributed by atoms with Gasteiger partial charge in [0.15, 0.2) is 0 Å². The van der Waals surface area contributed by atoms with Crippen molar-refractivity contribution in [2.45, 2.75) is 39.5 Å². The average molecular weight is 421 g/mol. The molecule has 3 heterocycles. The molecule has 1 saturated heterocycles. The molecule has 2 aromatic heterocycles. The molecule has 1 aliphatic carbocycles. The van der Waals surface area contributed by atoms with Crippen molar-refractivity contribution in [3.63, 3.8) is 0 Å². The lowest BCUT2D eigenvalue weighted by atomic mass is 9.89. The van der Waals surface area contributed by atoms with Gasteiger partial charge in [-0.2, -0.15) is 0 Å². The van der Waals surface area contributed by atoms with Gasteiger partial charge in [0.05, 0.1) is 5.39 Å². The highest BCUT2D eigenvalue weighted by molar-refractivity contribution is 7.19. The van der Waals surface area contributed by atoms with Crippen molar-refractivity contribution in [3.05, 3.63) is 52.2 Å². The number of hydrogen-bond donors (Lipinski definition) is 0. The van der Waals surface area contributed by atoms with E-state index in [1.165, 1.54) is 27.8 Å². The highest BCUT2D eigenvalue weighted by Crippen LogP contribution is 2.41. The first kappa shape index (κ1) is 19.5. The standard InChI is InChI=1S/C24H28N4OS/c1-16-8-9-19-20(14-16)30-24-22(19)23(28-12-10-27(11-13-28)17(2)29)25-21(26-24)15-18-6-4-3-5-7-18/h3-7,16H,8-15H2,1-2H3/t16-/m1/s1. The van der Waals surface area contributed by atoms with Gasteiger partial charge in [0.1, 0.15) is 16.5 Å². The summed E-state index contributed by atoms with van der Waals surface area (Å²) in [4.78, 5) is 28.8. The fraction of sp³-hybridized carbons (Fsp3) is 0.458. The molecule has 6 heteroatoms. The summed E-state index contributed by atoms with van der Waals surface area (Å²) in [5, 5.41) is 1.27. The first-order chi connectivity index (χ1) is 14.6. The van der Waals surface area contributed by atoms with Gasteiger partial charge in [-0.25, -0.2) is 9.97 Å². The molecular weight excluding hydrogens is 392 g/mol. The van der Waals surface area contributed by atoms with Crippen molar-refractivity contribution in [3.8, 4) is 0 Å². The molecule has 2 aliphatic rings. The monoisotopic (exact) mass is 420 g/mol. The number of nitrogens with zero attached hydrogens (tertiary/aromatic N) is 4. The normalized spacial score (nSPS) is 19.2. The molecule has 30 heavy (non-hydrogen) atoms. The maximum absolute atomic E-state index is 11.8. The molecule has 5 rings (SSSR count). The predicted molar refractivity (Wildman–Crippen MR) is 122 cm³/mol. The van der Waals surface area contributed by atoms with Gasteiger partial charge in [-0.15, -0.1) is 11.3 Å². The number of benzene rings is 1. The van der Waals surface area contributed by atoms with E-state index in [0.717, 1.165) is 67.8 Å². The molecule has 1 atom stereocenters. The third-order valence-electron chi connectivity index (χ3n) is 6.41. The number of aromatic nitrogens is 2. The van der Waals surface area contributed by atoms with Crippen molar-refractivity contribution in [2.75, 3.05) is 31.1 Å². The first-order valence-corrected chi connectivity index (χ1v) is 11.8. The number of carbonyl (C=O) groups excluding carboxylic acids is 1. The Morgan fingerprint density at radius 3 is 2.63 bits per heavy atom. The van der Waals surface area contributed by atoms with Crippen LogP contribution in [-0.2, 0) is 24.1 Å². The molecular formula is C24H28N4OS. The Hall–Kier alpha value is -2.47. The van der Waals surface area contributed by atoms with Crippen LogP contribution in [-0.4, -0.2) is 47.0 Å². The molecule has 1 aliphatic heterocycles. The molecule has 0 radical (unpaired) electrons. The third-order valence-corrected chi connectivity index (χ3v) is 7.56. The SMILES string of the molecule is CC(=O)N1CCN(c2nc(Cc3ccccc3)nc3sc4c(c23)CC[C@@H](C)C4)CC1. The Balaban J connectivity index is 1.56. The van der Waals surface area contributed by atoms with Gasteiger partial charge in [-0.1, -0.05) is 37.3 Å². The van der Waals surface area contributed by atoms with E-state index >= 15 is 0 Å². The minimum atomic E-state index is 0.161. The van der Waals surface area contributed by atoms with Crippen LogP contribution in [0.25, 0.3) is 10.2 Å². The van der Waals surface area contributed by atoms with Crippen LogP contribution in [0.3, 0.4) is 0 Å². The average Bonchev–Trinajstić information content (AvgIpc) is 3.11. The molecule has 1 amide bonds. The van der Waals surface area contributed by atoms with Gasteiger partial charge < -0.3 is 9.80 Å². The molecule has 0 unspecified atom stereocenters. The molecule has 156 valence electrons.